The van der Waals surface area contributed by atoms with Crippen molar-refractivity contribution in [2.45, 2.75) is 56.5 Å². The molecule has 31 heavy (non-hydrogen) atoms. The third-order valence-electron chi connectivity index (χ3n) is 5.84. The van der Waals surface area contributed by atoms with Gasteiger partial charge in [-0.1, -0.05) is 11.6 Å². The molecule has 2 aliphatic rings. The van der Waals surface area contributed by atoms with Crippen LogP contribution in [0.2, 0.25) is 5.02 Å². The van der Waals surface area contributed by atoms with E-state index in [0.29, 0.717) is 35.5 Å². The van der Waals surface area contributed by atoms with E-state index < -0.39 is 18.0 Å². The van der Waals surface area contributed by atoms with Gasteiger partial charge in [-0.25, -0.2) is 14.2 Å². The van der Waals surface area contributed by atoms with Crippen molar-refractivity contribution in [3.8, 4) is 0 Å². The summed E-state index contributed by atoms with van der Waals surface area (Å²) in [6, 6.07) is 5.03. The van der Waals surface area contributed by atoms with E-state index in [-0.39, 0.29) is 30.2 Å². The van der Waals surface area contributed by atoms with Crippen molar-refractivity contribution in [1.82, 2.24) is 15.2 Å². The van der Waals surface area contributed by atoms with Crippen LogP contribution in [0.3, 0.4) is 0 Å². The normalized spacial score (nSPS) is 24.4. The summed E-state index contributed by atoms with van der Waals surface area (Å²) >= 11 is 6.06. The molecule has 1 aliphatic carbocycles. The number of hydrogen-bond acceptors (Lipinski definition) is 3. The zero-order valence-electron chi connectivity index (χ0n) is 16.7. The van der Waals surface area contributed by atoms with Crippen LogP contribution in [0, 0.1) is 0 Å². The largest absolute Gasteiger partial charge is 0.433 e. The van der Waals surface area contributed by atoms with Crippen molar-refractivity contribution in [2.24, 2.45) is 0 Å². The average Bonchev–Trinajstić information content (AvgIpc) is 3.14. The van der Waals surface area contributed by atoms with Gasteiger partial charge in [0, 0.05) is 34.7 Å². The lowest BCUT2D eigenvalue weighted by molar-refractivity contribution is -0.140. The van der Waals surface area contributed by atoms with Crippen LogP contribution in [0.5, 0.6) is 0 Å². The molecule has 5 nitrogen and oxygen atoms in total. The van der Waals surface area contributed by atoms with Gasteiger partial charge in [0.2, 0.25) is 0 Å². The Morgan fingerprint density at radius 2 is 1.94 bits per heavy atom. The van der Waals surface area contributed by atoms with Crippen LogP contribution in [0.25, 0.3) is 10.9 Å². The quantitative estimate of drug-likeness (QED) is 0.607. The molecule has 4 rings (SSSR count). The number of anilines is 1. The van der Waals surface area contributed by atoms with Gasteiger partial charge < -0.3 is 15.5 Å². The number of nitrogens with zero attached hydrogens (tertiary/aromatic N) is 2. The van der Waals surface area contributed by atoms with Crippen molar-refractivity contribution < 1.29 is 22.4 Å². The fourth-order valence-electron chi connectivity index (χ4n) is 4.30. The molecule has 0 spiro atoms. The molecule has 10 heteroatoms. The number of alkyl halides is 4. The predicted octanol–water partition coefficient (Wildman–Crippen LogP) is 5.38. The number of halogens is 5. The highest BCUT2D eigenvalue weighted by molar-refractivity contribution is 6.31. The van der Waals surface area contributed by atoms with Gasteiger partial charge >= 0.3 is 12.2 Å². The number of pyridine rings is 1. The van der Waals surface area contributed by atoms with E-state index in [2.05, 4.69) is 15.6 Å². The van der Waals surface area contributed by atoms with Gasteiger partial charge in [-0.2, -0.15) is 13.2 Å². The lowest BCUT2D eigenvalue weighted by Gasteiger charge is -2.32. The number of hydrogen-bond donors (Lipinski definition) is 2. The molecule has 2 aromatic rings. The number of carbonyl (C=O) groups is 1. The smallest absolute Gasteiger partial charge is 0.382 e. The summed E-state index contributed by atoms with van der Waals surface area (Å²) in [5.41, 5.74) is -0.450. The Hall–Kier alpha value is -2.29. The highest BCUT2D eigenvalue weighted by Gasteiger charge is 2.34. The molecule has 2 heterocycles. The highest BCUT2D eigenvalue weighted by Crippen LogP contribution is 2.35. The first-order valence-corrected chi connectivity index (χ1v) is 10.7. The fraction of sp³-hybridized carbons (Fsp3) is 0.524. The number of rotatable bonds is 3. The van der Waals surface area contributed by atoms with Gasteiger partial charge in [-0.05, 0) is 56.4 Å². The number of carbonyl (C=O) groups excluding carboxylic acids is 1. The molecule has 2 amide bonds. The Morgan fingerprint density at radius 1 is 1.16 bits per heavy atom. The minimum absolute atomic E-state index is 0.101. The number of nitrogens with one attached hydrogen (secondary N) is 2. The molecule has 1 saturated heterocycles. The van der Waals surface area contributed by atoms with E-state index in [4.69, 9.17) is 11.6 Å². The molecule has 3 atom stereocenters. The predicted molar refractivity (Wildman–Crippen MR) is 111 cm³/mol. The minimum Gasteiger partial charge on any atom is -0.382 e. The van der Waals surface area contributed by atoms with E-state index in [1.54, 1.807) is 6.07 Å². The molecule has 0 radical (unpaired) electrons. The van der Waals surface area contributed by atoms with E-state index >= 15 is 0 Å². The number of likely N-dealkylation sites (tertiary alicyclic amines) is 1. The summed E-state index contributed by atoms with van der Waals surface area (Å²) in [5, 5.41) is 7.08. The summed E-state index contributed by atoms with van der Waals surface area (Å²) in [6.07, 6.45) is -2.31. The maximum absolute atomic E-state index is 13.4. The number of urea groups is 1. The molecule has 0 unspecified atom stereocenters. The second-order valence-electron chi connectivity index (χ2n) is 8.20. The first-order chi connectivity index (χ1) is 14.7. The van der Waals surface area contributed by atoms with Crippen molar-refractivity contribution in [2.75, 3.05) is 18.4 Å². The monoisotopic (exact) mass is 458 g/mol. The lowest BCUT2D eigenvalue weighted by Crippen LogP contribution is -2.47. The summed E-state index contributed by atoms with van der Waals surface area (Å²) in [5.74, 6) is 0. The molecule has 168 valence electrons. The van der Waals surface area contributed by atoms with Crippen LogP contribution in [0.15, 0.2) is 24.3 Å². The number of benzene rings is 1. The van der Waals surface area contributed by atoms with Crippen molar-refractivity contribution in [3.63, 3.8) is 0 Å². The van der Waals surface area contributed by atoms with Crippen LogP contribution in [0.4, 0.5) is 28.0 Å². The van der Waals surface area contributed by atoms with E-state index in [1.807, 2.05) is 0 Å². The second-order valence-corrected chi connectivity index (χ2v) is 8.64. The number of aromatic nitrogens is 1. The van der Waals surface area contributed by atoms with E-state index in [1.165, 1.54) is 17.0 Å². The van der Waals surface area contributed by atoms with Crippen LogP contribution < -0.4 is 10.6 Å². The summed E-state index contributed by atoms with van der Waals surface area (Å²) in [4.78, 5) is 17.6. The van der Waals surface area contributed by atoms with Crippen molar-refractivity contribution in [1.29, 1.82) is 0 Å². The minimum atomic E-state index is -4.57. The van der Waals surface area contributed by atoms with Gasteiger partial charge in [0.1, 0.15) is 11.9 Å². The number of amides is 2. The Kier molecular flexibility index (Phi) is 6.14. The number of fused-ring (bicyclic) bond motifs is 1. The standard InChI is InChI=1S/C21H23ClF4N4O/c22-12-4-5-17-16(8-12)18(10-19(29-17)21(24,25)26)27-14-2-1-3-15(9-14)28-20(31)30-7-6-13(23)11-30/h4-5,8,10,13-15H,1-3,6-7,9,11H2,(H,27,29)(H,28,31)/t13-,14-,15+/m0/s1. The molecule has 2 fully saturated rings. The van der Waals surface area contributed by atoms with E-state index in [0.717, 1.165) is 25.3 Å². The molecular weight excluding hydrogens is 436 g/mol. The Balaban J connectivity index is 1.50. The van der Waals surface area contributed by atoms with E-state index in [9.17, 15) is 22.4 Å². The molecular formula is C21H23ClF4N4O. The lowest BCUT2D eigenvalue weighted by atomic mass is 9.90. The molecule has 1 saturated carbocycles. The Morgan fingerprint density at radius 3 is 2.65 bits per heavy atom. The van der Waals surface area contributed by atoms with Gasteiger partial charge in [-0.3, -0.25) is 0 Å². The molecule has 1 aliphatic heterocycles. The summed E-state index contributed by atoms with van der Waals surface area (Å²) in [6.45, 7) is 0.496. The van der Waals surface area contributed by atoms with Gasteiger partial charge in [-0.15, -0.1) is 0 Å². The molecule has 1 aromatic heterocycles. The zero-order chi connectivity index (χ0) is 22.2. The van der Waals surface area contributed by atoms with Crippen molar-refractivity contribution >= 4 is 34.2 Å². The topological polar surface area (TPSA) is 57.3 Å². The van der Waals surface area contributed by atoms with Crippen LogP contribution in [0.1, 0.15) is 37.8 Å². The summed E-state index contributed by atoms with van der Waals surface area (Å²) < 4.78 is 53.4. The third-order valence-corrected chi connectivity index (χ3v) is 6.08. The average molecular weight is 459 g/mol. The highest BCUT2D eigenvalue weighted by atomic mass is 35.5. The molecule has 0 bridgehead atoms. The first kappa shape index (κ1) is 21.9. The van der Waals surface area contributed by atoms with Gasteiger partial charge in [0.05, 0.1) is 12.1 Å². The third kappa shape index (κ3) is 5.14. The van der Waals surface area contributed by atoms with Gasteiger partial charge in [0.15, 0.2) is 0 Å². The van der Waals surface area contributed by atoms with Crippen LogP contribution in [-0.4, -0.2) is 47.3 Å². The Labute approximate surface area is 182 Å². The maximum atomic E-state index is 13.4. The molecule has 1 aromatic carbocycles. The SMILES string of the molecule is O=C(N[C@@H]1CCC[C@H](Nc2cc(C(F)(F)F)nc3ccc(Cl)cc23)C1)N1CC[C@H](F)C1. The fourth-order valence-corrected chi connectivity index (χ4v) is 4.47. The molecule has 2 N–H and O–H groups in total. The van der Waals surface area contributed by atoms with Gasteiger partial charge in [0.25, 0.3) is 0 Å². The zero-order valence-corrected chi connectivity index (χ0v) is 17.4. The second kappa shape index (κ2) is 8.68. The van der Waals surface area contributed by atoms with Crippen LogP contribution >= 0.6 is 11.6 Å². The first-order valence-electron chi connectivity index (χ1n) is 10.3. The Bertz CT molecular complexity index is 970. The van der Waals surface area contributed by atoms with Crippen LogP contribution in [-0.2, 0) is 6.18 Å². The van der Waals surface area contributed by atoms with Crippen molar-refractivity contribution in [3.05, 3.63) is 35.0 Å². The maximum Gasteiger partial charge on any atom is 0.433 e. The summed E-state index contributed by atoms with van der Waals surface area (Å²) in [7, 11) is 0.